The van der Waals surface area contributed by atoms with Crippen LogP contribution in [0, 0.1) is 0 Å². The molecule has 158 valence electrons. The van der Waals surface area contributed by atoms with Crippen molar-refractivity contribution < 1.29 is 4.42 Å². The van der Waals surface area contributed by atoms with Gasteiger partial charge >= 0.3 is 0 Å². The van der Waals surface area contributed by atoms with Gasteiger partial charge in [0.15, 0.2) is 5.96 Å². The number of benzene rings is 1. The van der Waals surface area contributed by atoms with Gasteiger partial charge < -0.3 is 15.1 Å². The largest absolute Gasteiger partial charge is 0.469 e. The van der Waals surface area contributed by atoms with E-state index in [-0.39, 0.29) is 30.0 Å². The summed E-state index contributed by atoms with van der Waals surface area (Å²) in [5.41, 5.74) is 1.27. The standard InChI is InChI=1S/C23H32N4O.HI/c1-17-15-20(16-27(17)21-10-11-21)26-23(24-13-12-22-9-6-14-28-22)25-18(2)19-7-4-3-5-8-19;/h3-9,14,17-18,20-21H,10-13,15-16H2,1-2H3,(H2,24,25,26);1H. The van der Waals surface area contributed by atoms with E-state index in [1.807, 2.05) is 12.1 Å². The predicted molar refractivity (Wildman–Crippen MR) is 129 cm³/mol. The average molecular weight is 508 g/mol. The van der Waals surface area contributed by atoms with Crippen LogP contribution in [0.2, 0.25) is 0 Å². The number of nitrogens with one attached hydrogen (secondary N) is 2. The van der Waals surface area contributed by atoms with Gasteiger partial charge in [0.25, 0.3) is 0 Å². The number of nitrogens with zero attached hydrogens (tertiary/aromatic N) is 2. The fraction of sp³-hybridized carbons (Fsp3) is 0.522. The van der Waals surface area contributed by atoms with Crippen LogP contribution in [-0.4, -0.2) is 42.1 Å². The Labute approximate surface area is 191 Å². The molecule has 4 rings (SSSR count). The highest BCUT2D eigenvalue weighted by molar-refractivity contribution is 14.0. The molecule has 5 nitrogen and oxygen atoms in total. The van der Waals surface area contributed by atoms with Crippen molar-refractivity contribution in [1.29, 1.82) is 0 Å². The molecule has 2 aliphatic rings. The van der Waals surface area contributed by atoms with Gasteiger partial charge in [-0.05, 0) is 50.8 Å². The van der Waals surface area contributed by atoms with Gasteiger partial charge in [0.1, 0.15) is 5.76 Å². The van der Waals surface area contributed by atoms with E-state index in [1.54, 1.807) is 6.26 Å². The fourth-order valence-corrected chi connectivity index (χ4v) is 4.16. The van der Waals surface area contributed by atoms with Crippen LogP contribution in [0.15, 0.2) is 58.1 Å². The maximum Gasteiger partial charge on any atom is 0.192 e. The monoisotopic (exact) mass is 508 g/mol. The lowest BCUT2D eigenvalue weighted by molar-refractivity contribution is 0.256. The van der Waals surface area contributed by atoms with E-state index in [2.05, 4.69) is 59.7 Å². The van der Waals surface area contributed by atoms with Gasteiger partial charge in [-0.1, -0.05) is 30.3 Å². The Morgan fingerprint density at radius 3 is 2.69 bits per heavy atom. The first-order valence-electron chi connectivity index (χ1n) is 10.6. The summed E-state index contributed by atoms with van der Waals surface area (Å²) in [5.74, 6) is 1.88. The molecule has 2 N–H and O–H groups in total. The first kappa shape index (κ1) is 22.2. The number of halogens is 1. The molecule has 1 aliphatic carbocycles. The van der Waals surface area contributed by atoms with Crippen LogP contribution in [-0.2, 0) is 6.42 Å². The molecule has 1 saturated heterocycles. The fourth-order valence-electron chi connectivity index (χ4n) is 4.16. The minimum Gasteiger partial charge on any atom is -0.469 e. The maximum atomic E-state index is 5.44. The van der Waals surface area contributed by atoms with E-state index in [0.29, 0.717) is 18.6 Å². The Kier molecular flexibility index (Phi) is 8.00. The Morgan fingerprint density at radius 2 is 2.00 bits per heavy atom. The Bertz CT molecular complexity index is 760. The minimum atomic E-state index is 0. The molecule has 29 heavy (non-hydrogen) atoms. The summed E-state index contributed by atoms with van der Waals surface area (Å²) in [6.45, 7) is 6.37. The van der Waals surface area contributed by atoms with Crippen molar-refractivity contribution >= 4 is 29.9 Å². The zero-order valence-corrected chi connectivity index (χ0v) is 19.7. The molecule has 2 heterocycles. The zero-order chi connectivity index (χ0) is 19.3. The van der Waals surface area contributed by atoms with E-state index >= 15 is 0 Å². The minimum absolute atomic E-state index is 0. The quantitative estimate of drug-likeness (QED) is 0.332. The van der Waals surface area contributed by atoms with Crippen LogP contribution in [0.5, 0.6) is 0 Å². The summed E-state index contributed by atoms with van der Waals surface area (Å²) in [5, 5.41) is 7.31. The van der Waals surface area contributed by atoms with E-state index in [1.165, 1.54) is 24.8 Å². The van der Waals surface area contributed by atoms with E-state index in [4.69, 9.17) is 9.41 Å². The number of hydrogen-bond acceptors (Lipinski definition) is 3. The highest BCUT2D eigenvalue weighted by atomic mass is 127. The Morgan fingerprint density at radius 1 is 1.21 bits per heavy atom. The van der Waals surface area contributed by atoms with Gasteiger partial charge in [-0.15, -0.1) is 24.0 Å². The normalized spacial score (nSPS) is 23.4. The first-order chi connectivity index (χ1) is 13.7. The van der Waals surface area contributed by atoms with Crippen molar-refractivity contribution in [3.05, 3.63) is 60.1 Å². The molecule has 0 amide bonds. The third-order valence-corrected chi connectivity index (χ3v) is 5.84. The van der Waals surface area contributed by atoms with Crippen LogP contribution in [0.3, 0.4) is 0 Å². The van der Waals surface area contributed by atoms with Crippen molar-refractivity contribution in [3.63, 3.8) is 0 Å². The average Bonchev–Trinajstić information content (AvgIpc) is 3.28. The second-order valence-electron chi connectivity index (χ2n) is 8.19. The lowest BCUT2D eigenvalue weighted by atomic mass is 10.1. The molecule has 0 bridgehead atoms. The molecule has 2 fully saturated rings. The van der Waals surface area contributed by atoms with Crippen molar-refractivity contribution in [2.75, 3.05) is 13.1 Å². The zero-order valence-electron chi connectivity index (χ0n) is 17.4. The predicted octanol–water partition coefficient (Wildman–Crippen LogP) is 4.36. The van der Waals surface area contributed by atoms with E-state index in [9.17, 15) is 0 Å². The highest BCUT2D eigenvalue weighted by Gasteiger charge is 2.39. The number of aliphatic imine (C=N–C) groups is 1. The second kappa shape index (κ2) is 10.5. The van der Waals surface area contributed by atoms with Gasteiger partial charge in [-0.3, -0.25) is 9.89 Å². The van der Waals surface area contributed by atoms with Crippen molar-refractivity contribution in [1.82, 2.24) is 15.5 Å². The summed E-state index contributed by atoms with van der Waals surface area (Å²) in [7, 11) is 0. The SMILES string of the molecule is CC(NC(=NCCc1ccco1)NC1CC(C)N(C2CC2)C1)c1ccccc1.I. The molecule has 1 aliphatic heterocycles. The maximum absolute atomic E-state index is 5.44. The summed E-state index contributed by atoms with van der Waals surface area (Å²) in [6.07, 6.45) is 6.44. The summed E-state index contributed by atoms with van der Waals surface area (Å²) >= 11 is 0. The molecule has 0 radical (unpaired) electrons. The Hall–Kier alpha value is -1.54. The van der Waals surface area contributed by atoms with Gasteiger partial charge in [0.05, 0.1) is 12.3 Å². The summed E-state index contributed by atoms with van der Waals surface area (Å²) < 4.78 is 5.44. The van der Waals surface area contributed by atoms with Crippen LogP contribution in [0.25, 0.3) is 0 Å². The number of furan rings is 1. The van der Waals surface area contributed by atoms with Crippen LogP contribution < -0.4 is 10.6 Å². The lowest BCUT2D eigenvalue weighted by Gasteiger charge is -2.22. The van der Waals surface area contributed by atoms with Gasteiger partial charge in [-0.25, -0.2) is 0 Å². The molecule has 1 aromatic carbocycles. The molecule has 2 aromatic rings. The smallest absolute Gasteiger partial charge is 0.192 e. The molecule has 0 spiro atoms. The molecular formula is C23H33IN4O. The van der Waals surface area contributed by atoms with Crippen molar-refractivity contribution in [3.8, 4) is 0 Å². The van der Waals surface area contributed by atoms with E-state index in [0.717, 1.165) is 30.7 Å². The molecule has 3 unspecified atom stereocenters. The van der Waals surface area contributed by atoms with Crippen LogP contribution in [0.4, 0.5) is 0 Å². The first-order valence-corrected chi connectivity index (χ1v) is 10.6. The number of likely N-dealkylation sites (tertiary alicyclic amines) is 1. The molecule has 6 heteroatoms. The number of hydrogen-bond donors (Lipinski definition) is 2. The number of rotatable bonds is 7. The topological polar surface area (TPSA) is 52.8 Å². The summed E-state index contributed by atoms with van der Waals surface area (Å²) in [6, 6.07) is 16.6. The van der Waals surface area contributed by atoms with Gasteiger partial charge in [-0.2, -0.15) is 0 Å². The molecule has 1 saturated carbocycles. The van der Waals surface area contributed by atoms with Crippen LogP contribution in [0.1, 0.15) is 50.5 Å². The van der Waals surface area contributed by atoms with E-state index < -0.39 is 0 Å². The highest BCUT2D eigenvalue weighted by Crippen LogP contribution is 2.33. The number of guanidine groups is 1. The summed E-state index contributed by atoms with van der Waals surface area (Å²) in [4.78, 5) is 7.52. The van der Waals surface area contributed by atoms with Crippen LogP contribution >= 0.6 is 24.0 Å². The third kappa shape index (κ3) is 6.22. The van der Waals surface area contributed by atoms with Gasteiger partial charge in [0.2, 0.25) is 0 Å². The molecule has 3 atom stereocenters. The van der Waals surface area contributed by atoms with Crippen molar-refractivity contribution in [2.24, 2.45) is 4.99 Å². The molecular weight excluding hydrogens is 475 g/mol. The van der Waals surface area contributed by atoms with Gasteiger partial charge in [0, 0.05) is 37.6 Å². The third-order valence-electron chi connectivity index (χ3n) is 5.84. The second-order valence-corrected chi connectivity index (χ2v) is 8.19. The van der Waals surface area contributed by atoms with Crippen molar-refractivity contribution in [2.45, 2.75) is 63.7 Å². The Balaban J connectivity index is 0.00000240. The lowest BCUT2D eigenvalue weighted by Crippen LogP contribution is -2.45. The molecule has 1 aromatic heterocycles.